The SMILES string of the molecule is CC(C)c1ccc(-c2nc(CSc3nc4ccccc4c(=O)n3CCCO)cs2)cc1. The number of para-hydroxylation sites is 1. The van der Waals surface area contributed by atoms with Crippen LogP contribution in [0.15, 0.2) is 63.9 Å². The van der Waals surface area contributed by atoms with Crippen LogP contribution in [-0.4, -0.2) is 26.2 Å². The lowest BCUT2D eigenvalue weighted by Crippen LogP contribution is -2.24. The maximum absolute atomic E-state index is 12.9. The molecule has 0 bridgehead atoms. The number of benzene rings is 2. The Morgan fingerprint density at radius 3 is 2.61 bits per heavy atom. The third kappa shape index (κ3) is 4.89. The summed E-state index contributed by atoms with van der Waals surface area (Å²) in [6.45, 7) is 4.86. The molecule has 160 valence electrons. The summed E-state index contributed by atoms with van der Waals surface area (Å²) in [4.78, 5) is 22.4. The van der Waals surface area contributed by atoms with Crippen LogP contribution >= 0.6 is 23.1 Å². The second-order valence-corrected chi connectivity index (χ2v) is 9.46. The minimum Gasteiger partial charge on any atom is -0.396 e. The van der Waals surface area contributed by atoms with Crippen LogP contribution in [0.5, 0.6) is 0 Å². The van der Waals surface area contributed by atoms with Crippen LogP contribution in [0.2, 0.25) is 0 Å². The van der Waals surface area contributed by atoms with Gasteiger partial charge >= 0.3 is 0 Å². The zero-order chi connectivity index (χ0) is 21.8. The van der Waals surface area contributed by atoms with Crippen LogP contribution in [0.3, 0.4) is 0 Å². The van der Waals surface area contributed by atoms with Gasteiger partial charge in [0.05, 0.1) is 16.6 Å². The van der Waals surface area contributed by atoms with Crippen LogP contribution in [0.4, 0.5) is 0 Å². The third-order valence-corrected chi connectivity index (χ3v) is 7.04. The van der Waals surface area contributed by atoms with Gasteiger partial charge in [0.15, 0.2) is 5.16 Å². The highest BCUT2D eigenvalue weighted by atomic mass is 32.2. The van der Waals surface area contributed by atoms with Crippen molar-refractivity contribution in [3.63, 3.8) is 0 Å². The first-order valence-corrected chi connectivity index (χ1v) is 12.2. The molecule has 2 aromatic heterocycles. The van der Waals surface area contributed by atoms with Gasteiger partial charge in [0.1, 0.15) is 5.01 Å². The Morgan fingerprint density at radius 1 is 1.10 bits per heavy atom. The normalized spacial score (nSPS) is 11.5. The molecule has 2 aromatic carbocycles. The topological polar surface area (TPSA) is 68.0 Å². The number of thioether (sulfide) groups is 1. The number of fused-ring (bicyclic) bond motifs is 1. The van der Waals surface area contributed by atoms with Gasteiger partial charge < -0.3 is 5.11 Å². The molecular weight excluding hydrogens is 426 g/mol. The lowest BCUT2D eigenvalue weighted by Gasteiger charge is -2.12. The molecule has 0 aliphatic rings. The highest BCUT2D eigenvalue weighted by Gasteiger charge is 2.13. The fourth-order valence-corrected chi connectivity index (χ4v) is 5.19. The van der Waals surface area contributed by atoms with E-state index in [-0.39, 0.29) is 12.2 Å². The quantitative estimate of drug-likeness (QED) is 0.290. The summed E-state index contributed by atoms with van der Waals surface area (Å²) in [6.07, 6.45) is 0.515. The Bertz CT molecular complexity index is 1230. The first-order valence-electron chi connectivity index (χ1n) is 10.3. The van der Waals surface area contributed by atoms with Gasteiger partial charge in [-0.1, -0.05) is 62.0 Å². The van der Waals surface area contributed by atoms with E-state index in [4.69, 9.17) is 9.97 Å². The smallest absolute Gasteiger partial charge is 0.262 e. The fraction of sp³-hybridized carbons (Fsp3) is 0.292. The van der Waals surface area contributed by atoms with Crippen LogP contribution < -0.4 is 5.56 Å². The van der Waals surface area contributed by atoms with Gasteiger partial charge in [-0.05, 0) is 30.0 Å². The van der Waals surface area contributed by atoms with E-state index >= 15 is 0 Å². The van der Waals surface area contributed by atoms with Crippen LogP contribution in [0.1, 0.15) is 37.4 Å². The molecule has 7 heteroatoms. The predicted octanol–water partition coefficient (Wildman–Crippen LogP) is 5.32. The van der Waals surface area contributed by atoms with Crippen LogP contribution in [-0.2, 0) is 12.3 Å². The lowest BCUT2D eigenvalue weighted by atomic mass is 10.0. The summed E-state index contributed by atoms with van der Waals surface area (Å²) in [5.41, 5.74) is 4.04. The number of rotatable bonds is 8. The van der Waals surface area contributed by atoms with Gasteiger partial charge in [0.2, 0.25) is 0 Å². The molecule has 0 atom stereocenters. The molecule has 0 aliphatic heterocycles. The van der Waals surface area contributed by atoms with E-state index in [0.29, 0.717) is 40.7 Å². The molecule has 2 heterocycles. The molecular formula is C24H25N3O2S2. The Morgan fingerprint density at radius 2 is 1.87 bits per heavy atom. The molecule has 0 saturated carbocycles. The minimum atomic E-state index is -0.0641. The monoisotopic (exact) mass is 451 g/mol. The largest absolute Gasteiger partial charge is 0.396 e. The Balaban J connectivity index is 1.56. The number of aromatic nitrogens is 3. The third-order valence-electron chi connectivity index (χ3n) is 5.09. The van der Waals surface area contributed by atoms with Gasteiger partial charge in [-0.3, -0.25) is 9.36 Å². The van der Waals surface area contributed by atoms with Gasteiger partial charge in [-0.25, -0.2) is 9.97 Å². The van der Waals surface area contributed by atoms with Gasteiger partial charge in [0.25, 0.3) is 5.56 Å². The molecule has 0 saturated heterocycles. The van der Waals surface area contributed by atoms with Crippen molar-refractivity contribution in [2.75, 3.05) is 6.61 Å². The van der Waals surface area contributed by atoms with Gasteiger partial charge in [-0.15, -0.1) is 11.3 Å². The number of nitrogens with zero attached hydrogens (tertiary/aromatic N) is 3. The van der Waals surface area contributed by atoms with Crippen molar-refractivity contribution < 1.29 is 5.11 Å². The first kappa shape index (κ1) is 21.7. The average Bonchev–Trinajstić information content (AvgIpc) is 3.26. The van der Waals surface area contributed by atoms with Crippen LogP contribution in [0, 0.1) is 0 Å². The number of aliphatic hydroxyl groups excluding tert-OH is 1. The van der Waals surface area contributed by atoms with Crippen LogP contribution in [0.25, 0.3) is 21.5 Å². The molecule has 4 aromatic rings. The first-order chi connectivity index (χ1) is 15.1. The Labute approximate surface area is 189 Å². The van der Waals surface area contributed by atoms with Crippen molar-refractivity contribution in [2.24, 2.45) is 0 Å². The highest BCUT2D eigenvalue weighted by molar-refractivity contribution is 7.98. The predicted molar refractivity (Wildman–Crippen MR) is 129 cm³/mol. The standard InChI is InChI=1S/C24H25N3O2S2/c1-16(2)17-8-10-18(11-9-17)22-25-19(14-30-22)15-31-24-26-21-7-4-3-6-20(21)23(29)27(24)12-5-13-28/h3-4,6-11,14,16,28H,5,12-13,15H2,1-2H3. The maximum atomic E-state index is 12.9. The molecule has 0 amide bonds. The van der Waals surface area contributed by atoms with Crippen molar-refractivity contribution in [3.05, 3.63) is 75.5 Å². The molecule has 4 rings (SSSR count). The van der Waals surface area contributed by atoms with E-state index in [1.54, 1.807) is 22.0 Å². The van der Waals surface area contributed by atoms with Crippen molar-refractivity contribution in [3.8, 4) is 10.6 Å². The Kier molecular flexibility index (Phi) is 6.85. The van der Waals surface area contributed by atoms with E-state index in [2.05, 4.69) is 43.5 Å². The van der Waals surface area contributed by atoms with Crippen molar-refractivity contribution >= 4 is 34.0 Å². The van der Waals surface area contributed by atoms with E-state index < -0.39 is 0 Å². The van der Waals surface area contributed by atoms with E-state index in [1.807, 2.05) is 18.2 Å². The van der Waals surface area contributed by atoms with E-state index in [0.717, 1.165) is 16.3 Å². The molecule has 1 N–H and O–H groups in total. The molecule has 31 heavy (non-hydrogen) atoms. The highest BCUT2D eigenvalue weighted by Crippen LogP contribution is 2.29. The average molecular weight is 452 g/mol. The number of hydrogen-bond acceptors (Lipinski definition) is 6. The van der Waals surface area contributed by atoms with E-state index in [1.165, 1.54) is 17.3 Å². The summed E-state index contributed by atoms with van der Waals surface area (Å²) < 4.78 is 1.67. The second kappa shape index (κ2) is 9.77. The van der Waals surface area contributed by atoms with Crippen molar-refractivity contribution in [2.45, 2.75) is 43.6 Å². The molecule has 0 spiro atoms. The minimum absolute atomic E-state index is 0.0361. The molecule has 0 unspecified atom stereocenters. The number of thiazole rings is 1. The maximum Gasteiger partial charge on any atom is 0.262 e. The lowest BCUT2D eigenvalue weighted by molar-refractivity contribution is 0.276. The summed E-state index contributed by atoms with van der Waals surface area (Å²) in [7, 11) is 0. The summed E-state index contributed by atoms with van der Waals surface area (Å²) in [5.74, 6) is 1.14. The molecule has 0 radical (unpaired) electrons. The number of hydrogen-bond donors (Lipinski definition) is 1. The van der Waals surface area contributed by atoms with Gasteiger partial charge in [-0.2, -0.15) is 0 Å². The fourth-order valence-electron chi connectivity index (χ4n) is 3.34. The molecule has 5 nitrogen and oxygen atoms in total. The van der Waals surface area contributed by atoms with Crippen molar-refractivity contribution in [1.82, 2.24) is 14.5 Å². The molecule has 0 fully saturated rings. The number of aliphatic hydroxyl groups is 1. The summed E-state index contributed by atoms with van der Waals surface area (Å²) >= 11 is 3.14. The van der Waals surface area contributed by atoms with Gasteiger partial charge in [0, 0.05) is 29.8 Å². The zero-order valence-corrected chi connectivity index (χ0v) is 19.2. The van der Waals surface area contributed by atoms with Crippen molar-refractivity contribution in [1.29, 1.82) is 0 Å². The zero-order valence-electron chi connectivity index (χ0n) is 17.6. The second-order valence-electron chi connectivity index (χ2n) is 7.65. The molecule has 0 aliphatic carbocycles. The summed E-state index contributed by atoms with van der Waals surface area (Å²) in [5, 5.41) is 13.6. The Hall–Kier alpha value is -2.48. The summed E-state index contributed by atoms with van der Waals surface area (Å²) in [6, 6.07) is 16.0. The van der Waals surface area contributed by atoms with E-state index in [9.17, 15) is 9.90 Å².